The SMILES string of the molecule is C[C@@H]1CCC[C@@H]2C1=NN(C(=O)c1cccc(F)c1)[C@]2(O)C(F)(F)F. The van der Waals surface area contributed by atoms with Crippen LogP contribution >= 0.6 is 0 Å². The van der Waals surface area contributed by atoms with Crippen molar-refractivity contribution in [3.8, 4) is 0 Å². The molecule has 0 aromatic heterocycles. The minimum atomic E-state index is -5.08. The van der Waals surface area contributed by atoms with Gasteiger partial charge in [0.25, 0.3) is 11.6 Å². The van der Waals surface area contributed by atoms with Crippen molar-refractivity contribution >= 4 is 11.6 Å². The number of carbonyl (C=O) groups excluding carboxylic acids is 1. The van der Waals surface area contributed by atoms with Gasteiger partial charge in [-0.2, -0.15) is 23.3 Å². The summed E-state index contributed by atoms with van der Waals surface area (Å²) in [6.07, 6.45) is -3.84. The summed E-state index contributed by atoms with van der Waals surface area (Å²) < 4.78 is 54.3. The predicted molar refractivity (Wildman–Crippen MR) is 77.5 cm³/mol. The second-order valence-corrected chi connectivity index (χ2v) is 6.26. The van der Waals surface area contributed by atoms with Gasteiger partial charge < -0.3 is 5.11 Å². The number of hydrazone groups is 1. The van der Waals surface area contributed by atoms with Crippen LogP contribution in [0.2, 0.25) is 0 Å². The number of halogens is 4. The summed E-state index contributed by atoms with van der Waals surface area (Å²) in [5.41, 5.74) is -3.53. The van der Waals surface area contributed by atoms with Gasteiger partial charge in [0.15, 0.2) is 0 Å². The molecule has 0 saturated heterocycles. The van der Waals surface area contributed by atoms with E-state index in [9.17, 15) is 27.5 Å². The first-order valence-corrected chi connectivity index (χ1v) is 7.64. The summed E-state index contributed by atoms with van der Waals surface area (Å²) in [6, 6.07) is 4.30. The Bertz CT molecular complexity index is 704. The number of alkyl halides is 3. The molecule has 1 fully saturated rings. The Balaban J connectivity index is 2.08. The van der Waals surface area contributed by atoms with Crippen LogP contribution < -0.4 is 0 Å². The van der Waals surface area contributed by atoms with Crippen molar-refractivity contribution in [2.24, 2.45) is 16.9 Å². The molecule has 1 amide bonds. The normalized spacial score (nSPS) is 30.1. The predicted octanol–water partition coefficient (Wildman–Crippen LogP) is 3.32. The molecule has 1 aromatic rings. The molecule has 24 heavy (non-hydrogen) atoms. The van der Waals surface area contributed by atoms with E-state index in [0.29, 0.717) is 12.8 Å². The van der Waals surface area contributed by atoms with E-state index in [0.717, 1.165) is 12.1 Å². The third-order valence-electron chi connectivity index (χ3n) is 4.70. The van der Waals surface area contributed by atoms with Crippen molar-refractivity contribution in [3.05, 3.63) is 35.6 Å². The Morgan fingerprint density at radius 1 is 1.38 bits per heavy atom. The molecule has 8 heteroatoms. The zero-order valence-corrected chi connectivity index (χ0v) is 12.8. The Morgan fingerprint density at radius 3 is 2.71 bits per heavy atom. The van der Waals surface area contributed by atoms with Crippen molar-refractivity contribution in [3.63, 3.8) is 0 Å². The van der Waals surface area contributed by atoms with Crippen molar-refractivity contribution < 1.29 is 27.5 Å². The van der Waals surface area contributed by atoms with E-state index in [1.165, 1.54) is 12.1 Å². The van der Waals surface area contributed by atoms with Crippen LogP contribution in [0, 0.1) is 17.7 Å². The highest BCUT2D eigenvalue weighted by Gasteiger charge is 2.69. The second kappa shape index (κ2) is 5.54. The average molecular weight is 344 g/mol. The molecular weight excluding hydrogens is 328 g/mol. The molecule has 1 saturated carbocycles. The Morgan fingerprint density at radius 2 is 2.08 bits per heavy atom. The highest BCUT2D eigenvalue weighted by atomic mass is 19.4. The molecule has 0 spiro atoms. The first-order chi connectivity index (χ1) is 11.2. The molecule has 3 atom stereocenters. The van der Waals surface area contributed by atoms with E-state index in [2.05, 4.69) is 5.10 Å². The monoisotopic (exact) mass is 344 g/mol. The van der Waals surface area contributed by atoms with Crippen molar-refractivity contribution in [2.75, 3.05) is 0 Å². The molecule has 0 bridgehead atoms. The van der Waals surface area contributed by atoms with Gasteiger partial charge in [0.05, 0.1) is 5.92 Å². The third kappa shape index (κ3) is 2.40. The largest absolute Gasteiger partial charge is 0.439 e. The summed E-state index contributed by atoms with van der Waals surface area (Å²) in [5, 5.41) is 14.4. The highest BCUT2D eigenvalue weighted by molar-refractivity contribution is 6.00. The quantitative estimate of drug-likeness (QED) is 0.795. The summed E-state index contributed by atoms with van der Waals surface area (Å²) in [4.78, 5) is 12.5. The summed E-state index contributed by atoms with van der Waals surface area (Å²) in [5.74, 6) is -3.49. The minimum Gasteiger partial charge on any atom is -0.362 e. The lowest BCUT2D eigenvalue weighted by Crippen LogP contribution is -2.61. The summed E-state index contributed by atoms with van der Waals surface area (Å²) in [6.45, 7) is 1.72. The first kappa shape index (κ1) is 16.9. The minimum absolute atomic E-state index is 0.0869. The average Bonchev–Trinajstić information content (AvgIpc) is 2.82. The Kier molecular flexibility index (Phi) is 3.90. The van der Waals surface area contributed by atoms with Gasteiger partial charge >= 0.3 is 6.18 Å². The van der Waals surface area contributed by atoms with Crippen molar-refractivity contribution in [2.45, 2.75) is 38.1 Å². The number of amides is 1. The molecule has 1 N–H and O–H groups in total. The van der Waals surface area contributed by atoms with E-state index in [4.69, 9.17) is 0 Å². The number of hydrogen-bond donors (Lipinski definition) is 1. The van der Waals surface area contributed by atoms with Crippen molar-refractivity contribution in [1.29, 1.82) is 0 Å². The molecule has 2 aliphatic rings. The molecule has 0 unspecified atom stereocenters. The molecule has 130 valence electrons. The zero-order valence-electron chi connectivity index (χ0n) is 12.8. The van der Waals surface area contributed by atoms with E-state index >= 15 is 0 Å². The van der Waals surface area contributed by atoms with Gasteiger partial charge in [0.1, 0.15) is 5.82 Å². The topological polar surface area (TPSA) is 52.9 Å². The maximum absolute atomic E-state index is 13.7. The van der Waals surface area contributed by atoms with Gasteiger partial charge in [-0.15, -0.1) is 0 Å². The fourth-order valence-corrected chi connectivity index (χ4v) is 3.44. The fraction of sp³-hybridized carbons (Fsp3) is 0.500. The second-order valence-electron chi connectivity index (χ2n) is 6.26. The summed E-state index contributed by atoms with van der Waals surface area (Å²) in [7, 11) is 0. The van der Waals surface area contributed by atoms with E-state index in [-0.39, 0.29) is 28.6 Å². The Labute approximate surface area is 135 Å². The number of aliphatic hydroxyl groups is 1. The molecule has 1 aliphatic carbocycles. The van der Waals surface area contributed by atoms with Gasteiger partial charge in [-0.1, -0.05) is 19.4 Å². The lowest BCUT2D eigenvalue weighted by Gasteiger charge is -2.39. The molecular formula is C16H16F4N2O2. The highest BCUT2D eigenvalue weighted by Crippen LogP contribution is 2.49. The Hall–Kier alpha value is -1.96. The van der Waals surface area contributed by atoms with Crippen LogP contribution in [0.15, 0.2) is 29.4 Å². The standard InChI is InChI=1S/C16H16F4N2O2/c1-9-4-2-7-12-13(9)21-22(15(12,24)16(18,19)20)14(23)10-5-3-6-11(17)8-10/h3,5-6,8-9,12,24H,2,4,7H2,1H3/t9-,12-,15-/m1/s1. The number of carbonyl (C=O) groups is 1. The fourth-order valence-electron chi connectivity index (χ4n) is 3.44. The zero-order chi connectivity index (χ0) is 17.7. The molecule has 1 aromatic carbocycles. The molecule has 4 nitrogen and oxygen atoms in total. The lowest BCUT2D eigenvalue weighted by atomic mass is 9.75. The molecule has 3 rings (SSSR count). The number of fused-ring (bicyclic) bond motifs is 1. The lowest BCUT2D eigenvalue weighted by molar-refractivity contribution is -0.312. The van der Waals surface area contributed by atoms with Crippen LogP contribution in [0.3, 0.4) is 0 Å². The third-order valence-corrected chi connectivity index (χ3v) is 4.70. The van der Waals surface area contributed by atoms with E-state index < -0.39 is 29.5 Å². The van der Waals surface area contributed by atoms with Crippen LogP contribution in [0.4, 0.5) is 17.6 Å². The van der Waals surface area contributed by atoms with Gasteiger partial charge in [-0.05, 0) is 37.0 Å². The van der Waals surface area contributed by atoms with Crippen molar-refractivity contribution in [1.82, 2.24) is 5.01 Å². The van der Waals surface area contributed by atoms with Gasteiger partial charge in [-0.25, -0.2) is 4.39 Å². The van der Waals surface area contributed by atoms with E-state index in [1.807, 2.05) is 0 Å². The molecule has 1 aliphatic heterocycles. The van der Waals surface area contributed by atoms with Gasteiger partial charge in [0.2, 0.25) is 0 Å². The number of nitrogens with zero attached hydrogens (tertiary/aromatic N) is 2. The van der Waals surface area contributed by atoms with Gasteiger partial charge in [-0.3, -0.25) is 4.79 Å². The van der Waals surface area contributed by atoms with Gasteiger partial charge in [0, 0.05) is 11.3 Å². The smallest absolute Gasteiger partial charge is 0.362 e. The van der Waals surface area contributed by atoms with Crippen LogP contribution in [0.1, 0.15) is 36.5 Å². The molecule has 1 heterocycles. The summed E-state index contributed by atoms with van der Waals surface area (Å²) >= 11 is 0. The van der Waals surface area contributed by atoms with Crippen LogP contribution in [-0.2, 0) is 0 Å². The maximum atomic E-state index is 13.7. The number of rotatable bonds is 1. The molecule has 0 radical (unpaired) electrons. The van der Waals surface area contributed by atoms with Crippen LogP contribution in [0.5, 0.6) is 0 Å². The van der Waals surface area contributed by atoms with Crippen LogP contribution in [-0.4, -0.2) is 33.6 Å². The van der Waals surface area contributed by atoms with Crippen LogP contribution in [0.25, 0.3) is 0 Å². The maximum Gasteiger partial charge on any atom is 0.439 e. The first-order valence-electron chi connectivity index (χ1n) is 7.64. The van der Waals surface area contributed by atoms with E-state index in [1.54, 1.807) is 6.92 Å². The number of hydrogen-bond acceptors (Lipinski definition) is 3. The number of benzene rings is 1.